The monoisotopic (exact) mass is 386 g/mol. The van der Waals surface area contributed by atoms with E-state index in [9.17, 15) is 13.6 Å². The third kappa shape index (κ3) is 4.33. The molecule has 3 rings (SSSR count). The van der Waals surface area contributed by atoms with Gasteiger partial charge in [0, 0.05) is 18.3 Å². The lowest BCUT2D eigenvalue weighted by molar-refractivity contribution is -0.0504. The van der Waals surface area contributed by atoms with Crippen LogP contribution in [0.25, 0.3) is 5.82 Å². The van der Waals surface area contributed by atoms with E-state index in [1.807, 2.05) is 19.9 Å². The SMILES string of the molecule is CC(C)c1c(C(=O)NCc2ccccc2OC(F)F)cnn1-c1ccccn1. The lowest BCUT2D eigenvalue weighted by Crippen LogP contribution is -2.24. The predicted octanol–water partition coefficient (Wildman–Crippen LogP) is 3.92. The molecular weight excluding hydrogens is 366 g/mol. The highest BCUT2D eigenvalue weighted by atomic mass is 19.3. The van der Waals surface area contributed by atoms with Crippen LogP contribution in [0.2, 0.25) is 0 Å². The summed E-state index contributed by atoms with van der Waals surface area (Å²) in [5.41, 5.74) is 1.58. The topological polar surface area (TPSA) is 69.0 Å². The molecule has 0 unspecified atom stereocenters. The zero-order valence-corrected chi connectivity index (χ0v) is 15.5. The van der Waals surface area contributed by atoms with Gasteiger partial charge in [-0.05, 0) is 24.1 Å². The lowest BCUT2D eigenvalue weighted by Gasteiger charge is -2.13. The fourth-order valence-corrected chi connectivity index (χ4v) is 2.88. The van der Waals surface area contributed by atoms with Crippen molar-refractivity contribution < 1.29 is 18.3 Å². The highest BCUT2D eigenvalue weighted by molar-refractivity contribution is 5.95. The van der Waals surface area contributed by atoms with Gasteiger partial charge in [0.1, 0.15) is 5.75 Å². The Balaban J connectivity index is 1.82. The van der Waals surface area contributed by atoms with Gasteiger partial charge in [-0.2, -0.15) is 13.9 Å². The third-order valence-corrected chi connectivity index (χ3v) is 4.09. The number of para-hydroxylation sites is 1. The summed E-state index contributed by atoms with van der Waals surface area (Å²) >= 11 is 0. The van der Waals surface area contributed by atoms with Crippen molar-refractivity contribution in [2.24, 2.45) is 0 Å². The summed E-state index contributed by atoms with van der Waals surface area (Å²) in [6, 6.07) is 11.8. The van der Waals surface area contributed by atoms with Gasteiger partial charge >= 0.3 is 6.61 Å². The summed E-state index contributed by atoms with van der Waals surface area (Å²) in [6.07, 6.45) is 3.14. The number of ether oxygens (including phenoxy) is 1. The Morgan fingerprint density at radius 2 is 1.93 bits per heavy atom. The molecule has 1 aromatic carbocycles. The van der Waals surface area contributed by atoms with Crippen LogP contribution in [-0.4, -0.2) is 27.3 Å². The van der Waals surface area contributed by atoms with Gasteiger partial charge in [-0.15, -0.1) is 0 Å². The van der Waals surface area contributed by atoms with Crippen LogP contribution in [0.1, 0.15) is 41.4 Å². The smallest absolute Gasteiger partial charge is 0.387 e. The molecule has 6 nitrogen and oxygen atoms in total. The maximum Gasteiger partial charge on any atom is 0.387 e. The summed E-state index contributed by atoms with van der Waals surface area (Å²) in [7, 11) is 0. The summed E-state index contributed by atoms with van der Waals surface area (Å²) in [4.78, 5) is 17.0. The van der Waals surface area contributed by atoms with Crippen LogP contribution in [-0.2, 0) is 6.54 Å². The Hall–Kier alpha value is -3.29. The van der Waals surface area contributed by atoms with Gasteiger partial charge < -0.3 is 10.1 Å². The van der Waals surface area contributed by atoms with Crippen molar-refractivity contribution in [2.45, 2.75) is 32.9 Å². The minimum Gasteiger partial charge on any atom is -0.434 e. The number of amides is 1. The second kappa shape index (κ2) is 8.60. The summed E-state index contributed by atoms with van der Waals surface area (Å²) in [6.45, 7) is 1.03. The zero-order valence-electron chi connectivity index (χ0n) is 15.5. The standard InChI is InChI=1S/C20H20F2N4O2/c1-13(2)18-15(12-25-26(18)17-9-5-6-10-23-17)19(27)24-11-14-7-3-4-8-16(14)28-20(21)22/h3-10,12-13,20H,11H2,1-2H3,(H,24,27). The number of aromatic nitrogens is 3. The molecule has 1 N–H and O–H groups in total. The maximum absolute atomic E-state index is 12.7. The first kappa shape index (κ1) is 19.5. The average molecular weight is 386 g/mol. The number of pyridine rings is 1. The van der Waals surface area contributed by atoms with Crippen molar-refractivity contribution in [1.82, 2.24) is 20.1 Å². The second-order valence-corrected chi connectivity index (χ2v) is 6.37. The highest BCUT2D eigenvalue weighted by Gasteiger charge is 2.21. The van der Waals surface area contributed by atoms with Crippen LogP contribution in [0, 0.1) is 0 Å². The number of hydrogen-bond acceptors (Lipinski definition) is 4. The minimum atomic E-state index is -2.93. The van der Waals surface area contributed by atoms with Gasteiger partial charge in [0.25, 0.3) is 5.91 Å². The number of carbonyl (C=O) groups is 1. The molecule has 146 valence electrons. The Morgan fingerprint density at radius 1 is 1.18 bits per heavy atom. The van der Waals surface area contributed by atoms with E-state index in [-0.39, 0.29) is 24.1 Å². The Morgan fingerprint density at radius 3 is 2.61 bits per heavy atom. The average Bonchev–Trinajstić information content (AvgIpc) is 3.13. The molecule has 0 bridgehead atoms. The van der Waals surface area contributed by atoms with Crippen molar-refractivity contribution >= 4 is 5.91 Å². The molecule has 0 aliphatic heterocycles. The molecular formula is C20H20F2N4O2. The number of rotatable bonds is 7. The van der Waals surface area contributed by atoms with Gasteiger partial charge in [-0.25, -0.2) is 9.67 Å². The van der Waals surface area contributed by atoms with Crippen molar-refractivity contribution in [1.29, 1.82) is 0 Å². The van der Waals surface area contributed by atoms with E-state index < -0.39 is 6.61 Å². The van der Waals surface area contributed by atoms with Crippen LogP contribution in [0.5, 0.6) is 5.75 Å². The zero-order chi connectivity index (χ0) is 20.1. The van der Waals surface area contributed by atoms with Crippen molar-refractivity contribution in [3.8, 4) is 11.6 Å². The number of nitrogens with one attached hydrogen (secondary N) is 1. The Bertz CT molecular complexity index is 942. The molecule has 0 radical (unpaired) electrons. The molecule has 0 spiro atoms. The molecule has 8 heteroatoms. The number of benzene rings is 1. The third-order valence-electron chi connectivity index (χ3n) is 4.09. The molecule has 3 aromatic rings. The first-order valence-corrected chi connectivity index (χ1v) is 8.77. The molecule has 28 heavy (non-hydrogen) atoms. The number of alkyl halides is 2. The molecule has 0 aliphatic carbocycles. The fourth-order valence-electron chi connectivity index (χ4n) is 2.88. The van der Waals surface area contributed by atoms with Crippen LogP contribution < -0.4 is 10.1 Å². The molecule has 2 heterocycles. The largest absolute Gasteiger partial charge is 0.434 e. The van der Waals surface area contributed by atoms with Crippen LogP contribution in [0.15, 0.2) is 54.9 Å². The van der Waals surface area contributed by atoms with Gasteiger partial charge in [-0.3, -0.25) is 4.79 Å². The van der Waals surface area contributed by atoms with E-state index in [1.165, 1.54) is 12.3 Å². The van der Waals surface area contributed by atoms with Crippen LogP contribution in [0.4, 0.5) is 8.78 Å². The van der Waals surface area contributed by atoms with Crippen molar-refractivity contribution in [3.63, 3.8) is 0 Å². The van der Waals surface area contributed by atoms with Gasteiger partial charge in [0.2, 0.25) is 0 Å². The molecule has 0 atom stereocenters. The molecule has 0 saturated heterocycles. The Kier molecular flexibility index (Phi) is 5.98. The summed E-state index contributed by atoms with van der Waals surface area (Å²) in [5, 5.41) is 7.06. The number of hydrogen-bond donors (Lipinski definition) is 1. The van der Waals surface area contributed by atoms with Crippen molar-refractivity contribution in [2.75, 3.05) is 0 Å². The maximum atomic E-state index is 12.7. The minimum absolute atomic E-state index is 0.0136. The predicted molar refractivity (Wildman–Crippen MR) is 99.7 cm³/mol. The van der Waals surface area contributed by atoms with Gasteiger partial charge in [0.05, 0.1) is 17.5 Å². The second-order valence-electron chi connectivity index (χ2n) is 6.37. The van der Waals surface area contributed by atoms with E-state index in [2.05, 4.69) is 20.1 Å². The molecule has 0 saturated carbocycles. The number of halogens is 2. The quantitative estimate of drug-likeness (QED) is 0.668. The number of carbonyl (C=O) groups excluding carboxylic acids is 1. The van der Waals surface area contributed by atoms with E-state index in [0.29, 0.717) is 22.6 Å². The summed E-state index contributed by atoms with van der Waals surface area (Å²) in [5.74, 6) is 0.310. The molecule has 2 aromatic heterocycles. The highest BCUT2D eigenvalue weighted by Crippen LogP contribution is 2.23. The lowest BCUT2D eigenvalue weighted by atomic mass is 10.1. The molecule has 0 aliphatic rings. The molecule has 1 amide bonds. The van der Waals surface area contributed by atoms with E-state index in [1.54, 1.807) is 41.2 Å². The van der Waals surface area contributed by atoms with Gasteiger partial charge in [-0.1, -0.05) is 38.1 Å². The first-order valence-electron chi connectivity index (χ1n) is 8.77. The van der Waals surface area contributed by atoms with E-state index >= 15 is 0 Å². The number of nitrogens with zero attached hydrogens (tertiary/aromatic N) is 3. The fraction of sp³-hybridized carbons (Fsp3) is 0.250. The first-order chi connectivity index (χ1) is 13.5. The summed E-state index contributed by atoms with van der Waals surface area (Å²) < 4.78 is 31.2. The van der Waals surface area contributed by atoms with Crippen LogP contribution in [0.3, 0.4) is 0 Å². The van der Waals surface area contributed by atoms with Gasteiger partial charge in [0.15, 0.2) is 5.82 Å². The van der Waals surface area contributed by atoms with Crippen molar-refractivity contribution in [3.05, 3.63) is 71.7 Å². The normalized spacial score (nSPS) is 11.1. The van der Waals surface area contributed by atoms with E-state index in [4.69, 9.17) is 0 Å². The van der Waals surface area contributed by atoms with E-state index in [0.717, 1.165) is 0 Å². The molecule has 0 fully saturated rings. The van der Waals surface area contributed by atoms with Crippen LogP contribution >= 0.6 is 0 Å². The Labute approximate surface area is 161 Å².